The molecule has 2 heterocycles. The molecule has 3 rings (SSSR count). The smallest absolute Gasteiger partial charge is 0.324 e. The van der Waals surface area contributed by atoms with E-state index in [-0.39, 0.29) is 6.03 Å². The van der Waals surface area contributed by atoms with Crippen LogP contribution >= 0.6 is 0 Å². The van der Waals surface area contributed by atoms with Gasteiger partial charge in [0.15, 0.2) is 5.82 Å². The molecule has 3 aromatic rings. The molecule has 0 fully saturated rings. The molecule has 2 amide bonds. The first-order valence-electron chi connectivity index (χ1n) is 7.88. The van der Waals surface area contributed by atoms with Gasteiger partial charge in [0.1, 0.15) is 5.75 Å². The lowest BCUT2D eigenvalue weighted by molar-refractivity contribution is 0.262. The third kappa shape index (κ3) is 4.81. The average Bonchev–Trinajstić information content (AvgIpc) is 3.08. The summed E-state index contributed by atoms with van der Waals surface area (Å²) in [4.78, 5) is 16.3. The van der Waals surface area contributed by atoms with Gasteiger partial charge in [-0.2, -0.15) is 5.10 Å². The lowest BCUT2D eigenvalue weighted by Gasteiger charge is -2.07. The quantitative estimate of drug-likeness (QED) is 0.724. The first-order chi connectivity index (χ1) is 12.2. The highest BCUT2D eigenvalue weighted by Crippen LogP contribution is 2.16. The first-order valence-corrected chi connectivity index (χ1v) is 7.88. The Balaban J connectivity index is 1.52. The van der Waals surface area contributed by atoms with Crippen molar-refractivity contribution in [2.75, 3.05) is 17.7 Å². The third-order valence-corrected chi connectivity index (χ3v) is 3.53. The maximum absolute atomic E-state index is 12.0. The zero-order valence-electron chi connectivity index (χ0n) is 13.8. The standard InChI is InChI=1S/C18H19N5O2/c1-25-16-7-4-6-15(13-16)20-18(24)21-17-9-12-23(22-17)11-8-14-5-2-3-10-19-14/h2-7,9-10,12-13H,8,11H2,1H3,(H2,20,21,22,24). The number of carbonyl (C=O) groups excluding carboxylic acids is 1. The molecule has 0 aliphatic rings. The van der Waals surface area contributed by atoms with Gasteiger partial charge in [0.2, 0.25) is 0 Å². The van der Waals surface area contributed by atoms with Gasteiger partial charge in [-0.05, 0) is 24.3 Å². The fraction of sp³-hybridized carbons (Fsp3) is 0.167. The molecule has 0 aliphatic heterocycles. The van der Waals surface area contributed by atoms with Gasteiger partial charge in [0, 0.05) is 48.9 Å². The van der Waals surface area contributed by atoms with Crippen LogP contribution in [0.4, 0.5) is 16.3 Å². The molecule has 7 nitrogen and oxygen atoms in total. The lowest BCUT2D eigenvalue weighted by Crippen LogP contribution is -2.20. The monoisotopic (exact) mass is 337 g/mol. The molecule has 0 spiro atoms. The molecular formula is C18H19N5O2. The van der Waals surface area contributed by atoms with Crippen molar-refractivity contribution >= 4 is 17.5 Å². The van der Waals surface area contributed by atoms with Gasteiger partial charge >= 0.3 is 6.03 Å². The van der Waals surface area contributed by atoms with Crippen LogP contribution in [-0.4, -0.2) is 27.9 Å². The molecule has 1 aromatic carbocycles. The van der Waals surface area contributed by atoms with Crippen LogP contribution in [0.3, 0.4) is 0 Å². The Kier molecular flexibility index (Phi) is 5.26. The number of amides is 2. The number of aromatic nitrogens is 3. The summed E-state index contributed by atoms with van der Waals surface area (Å²) >= 11 is 0. The zero-order chi connectivity index (χ0) is 17.5. The number of methoxy groups -OCH3 is 1. The van der Waals surface area contributed by atoms with E-state index in [1.165, 1.54) is 0 Å². The zero-order valence-corrected chi connectivity index (χ0v) is 13.8. The Morgan fingerprint density at radius 2 is 2.08 bits per heavy atom. The number of urea groups is 1. The molecule has 0 saturated heterocycles. The summed E-state index contributed by atoms with van der Waals surface area (Å²) < 4.78 is 6.90. The SMILES string of the molecule is COc1cccc(NC(=O)Nc2ccn(CCc3ccccn3)n2)c1. The second kappa shape index (κ2) is 7.96. The number of carbonyl (C=O) groups is 1. The molecule has 0 radical (unpaired) electrons. The van der Waals surface area contributed by atoms with Crippen molar-refractivity contribution in [1.29, 1.82) is 0 Å². The highest BCUT2D eigenvalue weighted by Gasteiger charge is 2.06. The molecular weight excluding hydrogens is 318 g/mol. The van der Waals surface area contributed by atoms with E-state index in [9.17, 15) is 4.79 Å². The van der Waals surface area contributed by atoms with E-state index in [1.54, 1.807) is 42.3 Å². The average molecular weight is 337 g/mol. The number of hydrogen-bond donors (Lipinski definition) is 2. The predicted octanol–water partition coefficient (Wildman–Crippen LogP) is 3.17. The summed E-state index contributed by atoms with van der Waals surface area (Å²) in [5, 5.41) is 9.78. The number of anilines is 2. The highest BCUT2D eigenvalue weighted by molar-refractivity contribution is 5.99. The molecule has 2 aromatic heterocycles. The van der Waals surface area contributed by atoms with E-state index in [1.807, 2.05) is 30.5 Å². The number of benzene rings is 1. The van der Waals surface area contributed by atoms with E-state index < -0.39 is 0 Å². The van der Waals surface area contributed by atoms with E-state index in [0.717, 1.165) is 12.1 Å². The summed E-state index contributed by atoms with van der Waals surface area (Å²) in [7, 11) is 1.58. The second-order valence-electron chi connectivity index (χ2n) is 5.35. The van der Waals surface area contributed by atoms with Crippen molar-refractivity contribution < 1.29 is 9.53 Å². The normalized spacial score (nSPS) is 10.3. The van der Waals surface area contributed by atoms with Crippen LogP contribution in [0.1, 0.15) is 5.69 Å². The van der Waals surface area contributed by atoms with Gasteiger partial charge in [0.25, 0.3) is 0 Å². The van der Waals surface area contributed by atoms with E-state index in [0.29, 0.717) is 23.8 Å². The molecule has 0 bridgehead atoms. The minimum Gasteiger partial charge on any atom is -0.497 e. The molecule has 128 valence electrons. The van der Waals surface area contributed by atoms with Crippen LogP contribution < -0.4 is 15.4 Å². The van der Waals surface area contributed by atoms with Gasteiger partial charge in [-0.15, -0.1) is 0 Å². The second-order valence-corrected chi connectivity index (χ2v) is 5.35. The van der Waals surface area contributed by atoms with Crippen molar-refractivity contribution in [3.8, 4) is 5.75 Å². The topological polar surface area (TPSA) is 81.1 Å². The Labute approximate surface area is 145 Å². The van der Waals surface area contributed by atoms with E-state index >= 15 is 0 Å². The Morgan fingerprint density at radius 1 is 1.16 bits per heavy atom. The molecule has 0 atom stereocenters. The minimum atomic E-state index is -0.358. The Hall–Kier alpha value is -3.35. The van der Waals surface area contributed by atoms with Gasteiger partial charge in [-0.3, -0.25) is 15.0 Å². The molecule has 2 N–H and O–H groups in total. The van der Waals surface area contributed by atoms with Crippen molar-refractivity contribution in [1.82, 2.24) is 14.8 Å². The van der Waals surface area contributed by atoms with Crippen molar-refractivity contribution in [2.45, 2.75) is 13.0 Å². The molecule has 0 aliphatic carbocycles. The van der Waals surface area contributed by atoms with Crippen molar-refractivity contribution in [3.05, 3.63) is 66.6 Å². The van der Waals surface area contributed by atoms with Crippen LogP contribution in [0, 0.1) is 0 Å². The summed E-state index contributed by atoms with van der Waals surface area (Å²) in [5.41, 5.74) is 1.65. The fourth-order valence-corrected chi connectivity index (χ4v) is 2.31. The maximum atomic E-state index is 12.0. The number of ether oxygens (including phenoxy) is 1. The largest absolute Gasteiger partial charge is 0.497 e. The highest BCUT2D eigenvalue weighted by atomic mass is 16.5. The minimum absolute atomic E-state index is 0.358. The lowest BCUT2D eigenvalue weighted by atomic mass is 10.3. The van der Waals surface area contributed by atoms with Crippen LogP contribution in [-0.2, 0) is 13.0 Å². The summed E-state index contributed by atoms with van der Waals surface area (Å²) in [5.74, 6) is 1.16. The van der Waals surface area contributed by atoms with Crippen LogP contribution in [0.5, 0.6) is 5.75 Å². The van der Waals surface area contributed by atoms with Crippen molar-refractivity contribution in [2.24, 2.45) is 0 Å². The number of nitrogens with one attached hydrogen (secondary N) is 2. The molecule has 25 heavy (non-hydrogen) atoms. The number of rotatable bonds is 6. The summed E-state index contributed by atoms with van der Waals surface area (Å²) in [6.45, 7) is 0.691. The maximum Gasteiger partial charge on any atom is 0.324 e. The van der Waals surface area contributed by atoms with Gasteiger partial charge in [-0.25, -0.2) is 4.79 Å². The first kappa shape index (κ1) is 16.5. The Morgan fingerprint density at radius 3 is 2.88 bits per heavy atom. The molecule has 7 heteroatoms. The van der Waals surface area contributed by atoms with E-state index in [4.69, 9.17) is 4.74 Å². The number of hydrogen-bond acceptors (Lipinski definition) is 4. The number of nitrogens with zero attached hydrogens (tertiary/aromatic N) is 3. The summed E-state index contributed by atoms with van der Waals surface area (Å²) in [6, 6.07) is 14.4. The third-order valence-electron chi connectivity index (χ3n) is 3.53. The van der Waals surface area contributed by atoms with Crippen LogP contribution in [0.15, 0.2) is 60.9 Å². The van der Waals surface area contributed by atoms with Gasteiger partial charge in [-0.1, -0.05) is 12.1 Å². The number of aryl methyl sites for hydroxylation is 2. The van der Waals surface area contributed by atoms with Gasteiger partial charge < -0.3 is 10.1 Å². The molecule has 0 unspecified atom stereocenters. The summed E-state index contributed by atoms with van der Waals surface area (Å²) in [6.07, 6.45) is 4.37. The van der Waals surface area contributed by atoms with Crippen LogP contribution in [0.25, 0.3) is 0 Å². The fourth-order valence-electron chi connectivity index (χ4n) is 2.31. The van der Waals surface area contributed by atoms with Crippen molar-refractivity contribution in [3.63, 3.8) is 0 Å². The van der Waals surface area contributed by atoms with Gasteiger partial charge in [0.05, 0.1) is 7.11 Å². The molecule has 0 saturated carbocycles. The van der Waals surface area contributed by atoms with Crippen LogP contribution in [0.2, 0.25) is 0 Å². The van der Waals surface area contributed by atoms with E-state index in [2.05, 4.69) is 20.7 Å². The Bertz CT molecular complexity index is 832. The predicted molar refractivity (Wildman–Crippen MR) is 95.8 cm³/mol. The number of pyridine rings is 1.